The number of sulfonamides is 1. The standard InChI is InChI=1S/C22H21ClN2O4S/c1-16(25(30(2,27)28)18-9-5-3-6-10-18)22(26)24-20-15-17(23)13-14-21(20)29-19-11-7-4-8-12-19/h3-16H,1-2H3,(H,24,26). The molecule has 1 amide bonds. The molecule has 0 bridgehead atoms. The lowest BCUT2D eigenvalue weighted by Crippen LogP contribution is -2.45. The summed E-state index contributed by atoms with van der Waals surface area (Å²) in [4.78, 5) is 13.0. The summed E-state index contributed by atoms with van der Waals surface area (Å²) in [6.07, 6.45) is 1.06. The number of benzene rings is 3. The van der Waals surface area contributed by atoms with Crippen LogP contribution in [0.1, 0.15) is 6.92 Å². The molecule has 0 radical (unpaired) electrons. The molecule has 0 heterocycles. The Hall–Kier alpha value is -3.03. The molecule has 0 saturated carbocycles. The third-order valence-electron chi connectivity index (χ3n) is 4.27. The lowest BCUT2D eigenvalue weighted by Gasteiger charge is -2.28. The van der Waals surface area contributed by atoms with E-state index in [-0.39, 0.29) is 0 Å². The van der Waals surface area contributed by atoms with Crippen molar-refractivity contribution in [2.24, 2.45) is 0 Å². The smallest absolute Gasteiger partial charge is 0.248 e. The maximum atomic E-state index is 13.0. The zero-order valence-electron chi connectivity index (χ0n) is 16.4. The van der Waals surface area contributed by atoms with Gasteiger partial charge in [-0.05, 0) is 49.4 Å². The van der Waals surface area contributed by atoms with Gasteiger partial charge in [-0.25, -0.2) is 8.42 Å². The van der Waals surface area contributed by atoms with Gasteiger partial charge in [0.25, 0.3) is 0 Å². The van der Waals surface area contributed by atoms with Gasteiger partial charge in [0, 0.05) is 5.02 Å². The summed E-state index contributed by atoms with van der Waals surface area (Å²) in [5.41, 5.74) is 0.735. The second-order valence-corrected chi connectivity index (χ2v) is 8.91. The van der Waals surface area contributed by atoms with E-state index in [0.29, 0.717) is 27.9 Å². The Kier molecular flexibility index (Phi) is 6.64. The van der Waals surface area contributed by atoms with Crippen LogP contribution in [0.15, 0.2) is 78.9 Å². The van der Waals surface area contributed by atoms with Crippen molar-refractivity contribution in [2.75, 3.05) is 15.9 Å². The highest BCUT2D eigenvalue weighted by atomic mass is 35.5. The Morgan fingerprint density at radius 3 is 2.20 bits per heavy atom. The fraction of sp³-hybridized carbons (Fsp3) is 0.136. The summed E-state index contributed by atoms with van der Waals surface area (Å²) in [5, 5.41) is 3.14. The largest absolute Gasteiger partial charge is 0.455 e. The summed E-state index contributed by atoms with van der Waals surface area (Å²) < 4.78 is 31.7. The van der Waals surface area contributed by atoms with E-state index in [9.17, 15) is 13.2 Å². The number of hydrogen-bond acceptors (Lipinski definition) is 4. The van der Waals surface area contributed by atoms with Gasteiger partial charge in [-0.15, -0.1) is 0 Å². The number of hydrogen-bond donors (Lipinski definition) is 1. The molecule has 3 rings (SSSR count). The molecule has 0 aromatic heterocycles. The summed E-state index contributed by atoms with van der Waals surface area (Å²) in [5.74, 6) is 0.451. The third-order valence-corrected chi connectivity index (χ3v) is 5.75. The molecule has 0 spiro atoms. The molecular formula is C22H21ClN2O4S. The molecule has 8 heteroatoms. The fourth-order valence-corrected chi connectivity index (χ4v) is 4.27. The first-order valence-corrected chi connectivity index (χ1v) is 11.4. The third kappa shape index (κ3) is 5.31. The molecule has 0 aliphatic heterocycles. The van der Waals surface area contributed by atoms with Gasteiger partial charge in [-0.3, -0.25) is 9.10 Å². The minimum absolute atomic E-state index is 0.338. The van der Waals surface area contributed by atoms with Gasteiger partial charge in [-0.2, -0.15) is 0 Å². The lowest BCUT2D eigenvalue weighted by molar-refractivity contribution is -0.116. The number of nitrogens with zero attached hydrogens (tertiary/aromatic N) is 1. The molecule has 3 aromatic carbocycles. The van der Waals surface area contributed by atoms with Gasteiger partial charge >= 0.3 is 0 Å². The van der Waals surface area contributed by atoms with E-state index in [1.807, 2.05) is 18.2 Å². The van der Waals surface area contributed by atoms with Crippen LogP contribution in [0, 0.1) is 0 Å². The number of ether oxygens (including phenoxy) is 1. The predicted molar refractivity (Wildman–Crippen MR) is 120 cm³/mol. The van der Waals surface area contributed by atoms with Gasteiger partial charge in [-0.1, -0.05) is 48.0 Å². The summed E-state index contributed by atoms with van der Waals surface area (Å²) in [6.45, 7) is 1.52. The van der Waals surface area contributed by atoms with Crippen molar-refractivity contribution in [3.05, 3.63) is 83.9 Å². The minimum Gasteiger partial charge on any atom is -0.455 e. The fourth-order valence-electron chi connectivity index (χ4n) is 2.93. The molecule has 6 nitrogen and oxygen atoms in total. The minimum atomic E-state index is -3.71. The Morgan fingerprint density at radius 1 is 1.00 bits per heavy atom. The van der Waals surface area contributed by atoms with E-state index in [1.54, 1.807) is 60.7 Å². The molecule has 0 fully saturated rings. The topological polar surface area (TPSA) is 75.7 Å². The van der Waals surface area contributed by atoms with Crippen LogP contribution in [0.5, 0.6) is 11.5 Å². The van der Waals surface area contributed by atoms with Crippen LogP contribution in [-0.2, 0) is 14.8 Å². The van der Waals surface area contributed by atoms with Crippen LogP contribution in [0.4, 0.5) is 11.4 Å². The van der Waals surface area contributed by atoms with E-state index in [2.05, 4.69) is 5.32 Å². The highest BCUT2D eigenvalue weighted by Crippen LogP contribution is 2.32. The molecule has 0 aliphatic carbocycles. The number of rotatable bonds is 7. The van der Waals surface area contributed by atoms with Crippen molar-refractivity contribution >= 4 is 38.9 Å². The average Bonchev–Trinajstić information content (AvgIpc) is 2.70. The number of anilines is 2. The lowest BCUT2D eigenvalue weighted by atomic mass is 10.2. The SMILES string of the molecule is CC(C(=O)Nc1cc(Cl)ccc1Oc1ccccc1)N(c1ccccc1)S(C)(=O)=O. The first-order valence-electron chi connectivity index (χ1n) is 9.13. The molecule has 1 atom stereocenters. The summed E-state index contributed by atoms with van der Waals surface area (Å²) in [6, 6.07) is 21.4. The molecule has 3 aromatic rings. The number of amides is 1. The monoisotopic (exact) mass is 444 g/mol. The summed E-state index contributed by atoms with van der Waals surface area (Å²) in [7, 11) is -3.71. The van der Waals surface area contributed by atoms with Crippen molar-refractivity contribution in [1.82, 2.24) is 0 Å². The maximum Gasteiger partial charge on any atom is 0.248 e. The first-order chi connectivity index (χ1) is 14.3. The zero-order valence-corrected chi connectivity index (χ0v) is 18.0. The van der Waals surface area contributed by atoms with Gasteiger partial charge in [0.15, 0.2) is 5.75 Å². The van der Waals surface area contributed by atoms with Gasteiger partial charge < -0.3 is 10.1 Å². The predicted octanol–water partition coefficient (Wildman–Crippen LogP) is 4.93. The molecule has 30 heavy (non-hydrogen) atoms. The molecule has 156 valence electrons. The van der Waals surface area contributed by atoms with Crippen LogP contribution in [0.25, 0.3) is 0 Å². The van der Waals surface area contributed by atoms with Crippen molar-refractivity contribution in [3.63, 3.8) is 0 Å². The van der Waals surface area contributed by atoms with Gasteiger partial charge in [0.05, 0.1) is 17.6 Å². The number of nitrogens with one attached hydrogen (secondary N) is 1. The highest BCUT2D eigenvalue weighted by Gasteiger charge is 2.29. The Labute approximate surface area is 181 Å². The Balaban J connectivity index is 1.88. The normalized spacial score (nSPS) is 12.1. The van der Waals surface area contributed by atoms with Gasteiger partial charge in [0.2, 0.25) is 15.9 Å². The van der Waals surface area contributed by atoms with Gasteiger partial charge in [0.1, 0.15) is 11.8 Å². The average molecular weight is 445 g/mol. The van der Waals surface area contributed by atoms with Crippen molar-refractivity contribution in [2.45, 2.75) is 13.0 Å². The van der Waals surface area contributed by atoms with Crippen LogP contribution < -0.4 is 14.4 Å². The summed E-state index contributed by atoms with van der Waals surface area (Å²) >= 11 is 6.10. The highest BCUT2D eigenvalue weighted by molar-refractivity contribution is 7.92. The zero-order chi connectivity index (χ0) is 21.7. The van der Waals surface area contributed by atoms with E-state index < -0.39 is 22.0 Å². The van der Waals surface area contributed by atoms with E-state index in [0.717, 1.165) is 10.6 Å². The number of carbonyl (C=O) groups excluding carboxylic acids is 1. The van der Waals surface area contributed by atoms with Crippen LogP contribution >= 0.6 is 11.6 Å². The quantitative estimate of drug-likeness (QED) is 0.560. The number of halogens is 1. The number of para-hydroxylation sites is 2. The van der Waals surface area contributed by atoms with Crippen molar-refractivity contribution in [1.29, 1.82) is 0 Å². The number of carbonyl (C=O) groups is 1. The second kappa shape index (κ2) is 9.19. The van der Waals surface area contributed by atoms with E-state index in [4.69, 9.17) is 16.3 Å². The van der Waals surface area contributed by atoms with E-state index >= 15 is 0 Å². The van der Waals surface area contributed by atoms with Crippen molar-refractivity contribution < 1.29 is 17.9 Å². The Morgan fingerprint density at radius 2 is 1.60 bits per heavy atom. The maximum absolute atomic E-state index is 13.0. The molecular weight excluding hydrogens is 424 g/mol. The Bertz CT molecular complexity index is 1120. The van der Waals surface area contributed by atoms with Crippen LogP contribution in [0.2, 0.25) is 5.02 Å². The molecule has 1 unspecified atom stereocenters. The molecule has 0 saturated heterocycles. The van der Waals surface area contributed by atoms with E-state index in [1.165, 1.54) is 6.92 Å². The van der Waals surface area contributed by atoms with Crippen molar-refractivity contribution in [3.8, 4) is 11.5 Å². The first kappa shape index (κ1) is 21.7. The van der Waals surface area contributed by atoms with Crippen LogP contribution in [0.3, 0.4) is 0 Å². The molecule has 1 N–H and O–H groups in total. The second-order valence-electron chi connectivity index (χ2n) is 6.62. The molecule has 0 aliphatic rings. The van der Waals surface area contributed by atoms with Crippen LogP contribution in [-0.4, -0.2) is 26.6 Å².